The largest absolute Gasteiger partial charge is 0.403 e. The van der Waals surface area contributed by atoms with Gasteiger partial charge in [-0.25, -0.2) is 4.39 Å². The van der Waals surface area contributed by atoms with E-state index < -0.39 is 0 Å². The van der Waals surface area contributed by atoms with Gasteiger partial charge >= 0.3 is 0 Å². The lowest BCUT2D eigenvalue weighted by atomic mass is 10.1. The fourth-order valence-electron chi connectivity index (χ4n) is 2.38. The second-order valence-electron chi connectivity index (χ2n) is 5.46. The third kappa shape index (κ3) is 5.33. The lowest BCUT2D eigenvalue weighted by Gasteiger charge is -2.31. The maximum absolute atomic E-state index is 13.6. The molecule has 0 saturated carbocycles. The Morgan fingerprint density at radius 1 is 1.50 bits per heavy atom. The van der Waals surface area contributed by atoms with Crippen LogP contribution in [0.4, 0.5) is 4.39 Å². The number of hydrogen-bond donors (Lipinski definition) is 2. The van der Waals surface area contributed by atoms with Crippen LogP contribution >= 0.6 is 0 Å². The normalized spacial score (nSPS) is 19.0. The third-order valence-electron chi connectivity index (χ3n) is 3.62. The van der Waals surface area contributed by atoms with Crippen molar-refractivity contribution < 1.29 is 13.9 Å². The van der Waals surface area contributed by atoms with E-state index in [1.807, 2.05) is 6.08 Å². The first-order valence-electron chi connectivity index (χ1n) is 7.72. The maximum Gasteiger partial charge on any atom is 0.251 e. The van der Waals surface area contributed by atoms with Crippen LogP contribution in [-0.2, 0) is 9.53 Å². The van der Waals surface area contributed by atoms with Crippen LogP contribution in [0, 0.1) is 5.82 Å². The number of nitrogens with one attached hydrogen (secondary N) is 1. The Labute approximate surface area is 141 Å². The molecule has 1 atom stereocenters. The Hall–Kier alpha value is -2.44. The van der Waals surface area contributed by atoms with Gasteiger partial charge in [-0.05, 0) is 6.07 Å². The Balaban J connectivity index is 1.88. The zero-order valence-electron chi connectivity index (χ0n) is 13.5. The molecular weight excluding hydrogens is 309 g/mol. The molecule has 0 aromatic heterocycles. The second kappa shape index (κ2) is 9.00. The number of benzene rings is 1. The molecule has 1 heterocycles. The van der Waals surface area contributed by atoms with E-state index >= 15 is 0 Å². The number of carbonyl (C=O) groups excluding carboxylic acids is 1. The molecule has 1 aliphatic heterocycles. The van der Waals surface area contributed by atoms with Crippen LogP contribution in [0.2, 0.25) is 0 Å². The molecule has 1 aromatic rings. The molecule has 1 unspecified atom stereocenters. The fraction of sp³-hybridized carbons (Fsp3) is 0.278. The monoisotopic (exact) mass is 331 g/mol. The Morgan fingerprint density at radius 3 is 3.04 bits per heavy atom. The van der Waals surface area contributed by atoms with Crippen molar-refractivity contribution in [2.24, 2.45) is 5.73 Å². The van der Waals surface area contributed by atoms with Gasteiger partial charge in [0, 0.05) is 43.2 Å². The van der Waals surface area contributed by atoms with Gasteiger partial charge in [0.1, 0.15) is 5.82 Å². The van der Waals surface area contributed by atoms with Crippen LogP contribution in [-0.4, -0.2) is 43.2 Å². The summed E-state index contributed by atoms with van der Waals surface area (Å²) < 4.78 is 19.3. The highest BCUT2D eigenvalue weighted by Crippen LogP contribution is 2.13. The van der Waals surface area contributed by atoms with Gasteiger partial charge in [-0.15, -0.1) is 0 Å². The number of hydrogen-bond acceptors (Lipinski definition) is 4. The van der Waals surface area contributed by atoms with Crippen molar-refractivity contribution in [1.29, 1.82) is 0 Å². The van der Waals surface area contributed by atoms with E-state index in [4.69, 9.17) is 10.5 Å². The molecule has 2 rings (SSSR count). The number of carbonyl (C=O) groups is 1. The average Bonchev–Trinajstić information content (AvgIpc) is 2.59. The first-order chi connectivity index (χ1) is 11.6. The Bertz CT molecular complexity index is 643. The SMILES string of the molecule is C=C(CN1CCOC(/C=C/c2ccccc2F)C1)C(=O)N/C=C\N. The van der Waals surface area contributed by atoms with Crippen molar-refractivity contribution in [2.75, 3.05) is 26.2 Å². The lowest BCUT2D eigenvalue weighted by Crippen LogP contribution is -2.43. The molecule has 0 radical (unpaired) electrons. The number of nitrogens with two attached hydrogens (primary N) is 1. The van der Waals surface area contributed by atoms with Gasteiger partial charge in [0.25, 0.3) is 5.91 Å². The zero-order valence-corrected chi connectivity index (χ0v) is 13.5. The Morgan fingerprint density at radius 2 is 2.29 bits per heavy atom. The van der Waals surface area contributed by atoms with E-state index in [1.165, 1.54) is 18.5 Å². The topological polar surface area (TPSA) is 67.6 Å². The highest BCUT2D eigenvalue weighted by molar-refractivity contribution is 5.93. The molecule has 24 heavy (non-hydrogen) atoms. The average molecular weight is 331 g/mol. The molecule has 5 nitrogen and oxygen atoms in total. The second-order valence-corrected chi connectivity index (χ2v) is 5.46. The molecule has 0 aliphatic carbocycles. The summed E-state index contributed by atoms with van der Waals surface area (Å²) in [6.45, 7) is 6.11. The Kier molecular flexibility index (Phi) is 6.72. The van der Waals surface area contributed by atoms with Crippen LogP contribution in [0.3, 0.4) is 0 Å². The van der Waals surface area contributed by atoms with Gasteiger partial charge in [0.05, 0.1) is 12.7 Å². The molecule has 1 amide bonds. The van der Waals surface area contributed by atoms with Crippen LogP contribution < -0.4 is 11.1 Å². The molecule has 1 aromatic carbocycles. The molecule has 128 valence electrons. The number of morpholine rings is 1. The number of ether oxygens (including phenoxy) is 1. The van der Waals surface area contributed by atoms with Crippen LogP contribution in [0.5, 0.6) is 0 Å². The van der Waals surface area contributed by atoms with Crippen molar-refractivity contribution in [2.45, 2.75) is 6.10 Å². The predicted octanol–water partition coefficient (Wildman–Crippen LogP) is 1.64. The minimum Gasteiger partial charge on any atom is -0.403 e. The van der Waals surface area contributed by atoms with Crippen LogP contribution in [0.25, 0.3) is 6.08 Å². The van der Waals surface area contributed by atoms with Crippen molar-refractivity contribution in [1.82, 2.24) is 10.2 Å². The number of halogens is 1. The van der Waals surface area contributed by atoms with E-state index in [0.29, 0.717) is 37.4 Å². The van der Waals surface area contributed by atoms with Crippen molar-refractivity contribution in [3.63, 3.8) is 0 Å². The third-order valence-corrected chi connectivity index (χ3v) is 3.62. The summed E-state index contributed by atoms with van der Waals surface area (Å²) >= 11 is 0. The van der Waals surface area contributed by atoms with E-state index in [2.05, 4.69) is 16.8 Å². The van der Waals surface area contributed by atoms with Crippen LogP contribution in [0.1, 0.15) is 5.56 Å². The molecule has 1 aliphatic rings. The summed E-state index contributed by atoms with van der Waals surface area (Å²) in [5.74, 6) is -0.527. The zero-order chi connectivity index (χ0) is 17.4. The molecule has 1 fully saturated rings. The quantitative estimate of drug-likeness (QED) is 0.778. The maximum atomic E-state index is 13.6. The van der Waals surface area contributed by atoms with Crippen molar-refractivity contribution in [3.8, 4) is 0 Å². The summed E-state index contributed by atoms with van der Waals surface area (Å²) in [7, 11) is 0. The summed E-state index contributed by atoms with van der Waals surface area (Å²) in [5, 5.41) is 2.53. The number of rotatable bonds is 6. The molecule has 0 spiro atoms. The van der Waals surface area contributed by atoms with Gasteiger partial charge in [-0.2, -0.15) is 0 Å². The van der Waals surface area contributed by atoms with Crippen molar-refractivity contribution in [3.05, 3.63) is 66.3 Å². The van der Waals surface area contributed by atoms with Gasteiger partial charge in [-0.3, -0.25) is 9.69 Å². The summed E-state index contributed by atoms with van der Waals surface area (Å²) in [6, 6.07) is 6.58. The van der Waals surface area contributed by atoms with Gasteiger partial charge in [0.2, 0.25) is 0 Å². The molecule has 6 heteroatoms. The van der Waals surface area contributed by atoms with Crippen LogP contribution in [0.15, 0.2) is 54.9 Å². The first kappa shape index (κ1) is 17.9. The summed E-state index contributed by atoms with van der Waals surface area (Å²) in [6.07, 6.45) is 6.02. The fourth-order valence-corrected chi connectivity index (χ4v) is 2.38. The van der Waals surface area contributed by atoms with Gasteiger partial charge in [0.15, 0.2) is 0 Å². The highest BCUT2D eigenvalue weighted by atomic mass is 19.1. The highest BCUT2D eigenvalue weighted by Gasteiger charge is 2.20. The lowest BCUT2D eigenvalue weighted by molar-refractivity contribution is -0.117. The van der Waals surface area contributed by atoms with E-state index in [1.54, 1.807) is 24.3 Å². The van der Waals surface area contributed by atoms with E-state index in [0.717, 1.165) is 0 Å². The van der Waals surface area contributed by atoms with E-state index in [9.17, 15) is 9.18 Å². The molecular formula is C18H22FN3O2. The predicted molar refractivity (Wildman–Crippen MR) is 92.2 cm³/mol. The summed E-state index contributed by atoms with van der Waals surface area (Å²) in [4.78, 5) is 13.9. The molecule has 1 saturated heterocycles. The standard InChI is InChI=1S/C18H22FN3O2/c1-14(18(23)21-9-8-20)12-22-10-11-24-16(13-22)7-6-15-4-2-3-5-17(15)19/h2-9,16H,1,10-13,20H2,(H,21,23)/b7-6+,9-8-. The van der Waals surface area contributed by atoms with Gasteiger partial charge < -0.3 is 15.8 Å². The minimum absolute atomic E-state index is 0.154. The van der Waals surface area contributed by atoms with Crippen molar-refractivity contribution >= 4 is 12.0 Å². The minimum atomic E-state index is -0.264. The smallest absolute Gasteiger partial charge is 0.251 e. The molecule has 0 bridgehead atoms. The van der Waals surface area contributed by atoms with E-state index in [-0.39, 0.29) is 17.8 Å². The molecule has 3 N–H and O–H groups in total. The number of nitrogens with zero attached hydrogens (tertiary/aromatic N) is 1. The first-order valence-corrected chi connectivity index (χ1v) is 7.72. The number of amides is 1. The summed E-state index contributed by atoms with van der Waals surface area (Å²) in [5.41, 5.74) is 6.16. The van der Waals surface area contributed by atoms with Gasteiger partial charge in [-0.1, -0.05) is 36.9 Å².